The lowest BCUT2D eigenvalue weighted by Crippen LogP contribution is -2.57. The predicted molar refractivity (Wildman–Crippen MR) is 189 cm³/mol. The van der Waals surface area contributed by atoms with Gasteiger partial charge < -0.3 is 25.6 Å². The first-order valence-corrected chi connectivity index (χ1v) is 16.4. The molecule has 0 spiro atoms. The molecular formula is C39H39F3N4O6. The van der Waals surface area contributed by atoms with Crippen LogP contribution in [-0.4, -0.2) is 68.3 Å². The van der Waals surface area contributed by atoms with E-state index in [-0.39, 0.29) is 36.3 Å². The number of rotatable bonds is 13. The summed E-state index contributed by atoms with van der Waals surface area (Å²) in [5.41, 5.74) is -0.934. The number of hydrogen-bond acceptors (Lipinski definition) is 6. The van der Waals surface area contributed by atoms with Crippen LogP contribution in [0.25, 0.3) is 11.1 Å². The second-order valence-electron chi connectivity index (χ2n) is 12.0. The summed E-state index contributed by atoms with van der Waals surface area (Å²) in [7, 11) is 3.03. The van der Waals surface area contributed by atoms with Crippen molar-refractivity contribution in [1.29, 1.82) is 0 Å². The van der Waals surface area contributed by atoms with Crippen LogP contribution < -0.4 is 16.0 Å². The monoisotopic (exact) mass is 716 g/mol. The number of carbonyl (C=O) groups excluding carboxylic acids is 5. The fraction of sp³-hybridized carbons (Fsp3) is 0.256. The van der Waals surface area contributed by atoms with Gasteiger partial charge in [-0.15, -0.1) is 0 Å². The Bertz CT molecular complexity index is 1910. The van der Waals surface area contributed by atoms with Gasteiger partial charge in [0, 0.05) is 32.7 Å². The molecule has 4 aromatic carbocycles. The largest absolute Gasteiger partial charge is 0.463 e. The summed E-state index contributed by atoms with van der Waals surface area (Å²) in [6.07, 6.45) is -4.86. The van der Waals surface area contributed by atoms with Crippen molar-refractivity contribution in [3.63, 3.8) is 0 Å². The number of esters is 1. The summed E-state index contributed by atoms with van der Waals surface area (Å²) < 4.78 is 45.0. The number of hydrogen-bond donors (Lipinski definition) is 3. The van der Waals surface area contributed by atoms with Crippen LogP contribution in [0.1, 0.15) is 51.3 Å². The highest BCUT2D eigenvalue weighted by molar-refractivity contribution is 6.12. The minimum atomic E-state index is -4.52. The van der Waals surface area contributed by atoms with Gasteiger partial charge in [-0.25, -0.2) is 0 Å². The molecule has 4 rings (SSSR count). The topological polar surface area (TPSA) is 134 Å². The van der Waals surface area contributed by atoms with Crippen LogP contribution in [0.3, 0.4) is 0 Å². The molecule has 0 fully saturated rings. The molecule has 52 heavy (non-hydrogen) atoms. The number of nitrogens with one attached hydrogen (secondary N) is 3. The lowest BCUT2D eigenvalue weighted by molar-refractivity contribution is -0.150. The number of ether oxygens (including phenoxy) is 1. The molecule has 0 bridgehead atoms. The third-order valence-corrected chi connectivity index (χ3v) is 8.18. The van der Waals surface area contributed by atoms with Crippen molar-refractivity contribution in [1.82, 2.24) is 15.5 Å². The first-order valence-electron chi connectivity index (χ1n) is 16.4. The molecule has 4 amide bonds. The van der Waals surface area contributed by atoms with Gasteiger partial charge in [-0.1, -0.05) is 66.7 Å². The van der Waals surface area contributed by atoms with Gasteiger partial charge in [0.05, 0.1) is 23.2 Å². The van der Waals surface area contributed by atoms with E-state index in [4.69, 9.17) is 4.74 Å². The van der Waals surface area contributed by atoms with Crippen LogP contribution in [0.4, 0.5) is 18.9 Å². The summed E-state index contributed by atoms with van der Waals surface area (Å²) in [5.74, 6) is -3.17. The number of benzene rings is 4. The van der Waals surface area contributed by atoms with E-state index in [1.54, 1.807) is 62.4 Å². The van der Waals surface area contributed by atoms with Gasteiger partial charge in [0.15, 0.2) is 5.41 Å². The van der Waals surface area contributed by atoms with Crippen molar-refractivity contribution in [2.24, 2.45) is 0 Å². The molecule has 272 valence electrons. The molecule has 0 heterocycles. The second-order valence-corrected chi connectivity index (χ2v) is 12.0. The van der Waals surface area contributed by atoms with E-state index in [0.717, 1.165) is 12.1 Å². The maximum atomic E-state index is 13.6. The zero-order valence-corrected chi connectivity index (χ0v) is 29.1. The van der Waals surface area contributed by atoms with Crippen LogP contribution >= 0.6 is 0 Å². The summed E-state index contributed by atoms with van der Waals surface area (Å²) in [6, 6.07) is 23.5. The predicted octanol–water partition coefficient (Wildman–Crippen LogP) is 5.62. The first kappa shape index (κ1) is 38.8. The van der Waals surface area contributed by atoms with Crippen LogP contribution in [0.2, 0.25) is 0 Å². The molecule has 4 aromatic rings. The van der Waals surface area contributed by atoms with E-state index in [1.165, 1.54) is 55.4 Å². The zero-order valence-electron chi connectivity index (χ0n) is 29.1. The van der Waals surface area contributed by atoms with Gasteiger partial charge in [0.2, 0.25) is 11.8 Å². The Morgan fingerprint density at radius 2 is 1.31 bits per heavy atom. The maximum absolute atomic E-state index is 13.6. The average molecular weight is 717 g/mol. The molecule has 0 radical (unpaired) electrons. The highest BCUT2D eigenvalue weighted by Gasteiger charge is 2.48. The maximum Gasteiger partial charge on any atom is 0.416 e. The van der Waals surface area contributed by atoms with Crippen LogP contribution in [0.5, 0.6) is 0 Å². The molecule has 0 aliphatic carbocycles. The molecule has 3 N–H and O–H groups in total. The molecule has 0 aromatic heterocycles. The molecule has 0 unspecified atom stereocenters. The summed E-state index contributed by atoms with van der Waals surface area (Å²) in [5, 5.41) is 8.08. The fourth-order valence-electron chi connectivity index (χ4n) is 5.52. The normalized spacial score (nSPS) is 11.3. The van der Waals surface area contributed by atoms with Crippen molar-refractivity contribution in [2.75, 3.05) is 39.1 Å². The Hall–Kier alpha value is -5.98. The molecule has 0 aliphatic rings. The summed E-state index contributed by atoms with van der Waals surface area (Å²) >= 11 is 0. The lowest BCUT2D eigenvalue weighted by Gasteiger charge is -2.31. The molecule has 10 nitrogen and oxygen atoms in total. The van der Waals surface area contributed by atoms with E-state index in [0.29, 0.717) is 22.3 Å². The Kier molecular flexibility index (Phi) is 12.6. The van der Waals surface area contributed by atoms with Crippen molar-refractivity contribution < 1.29 is 41.9 Å². The number of anilines is 1. The van der Waals surface area contributed by atoms with Gasteiger partial charge in [-0.2, -0.15) is 13.2 Å². The van der Waals surface area contributed by atoms with Crippen molar-refractivity contribution in [3.05, 3.63) is 125 Å². The number of carbonyl (C=O) groups is 5. The van der Waals surface area contributed by atoms with E-state index in [9.17, 15) is 37.1 Å². The van der Waals surface area contributed by atoms with Gasteiger partial charge in [-0.05, 0) is 66.4 Å². The highest BCUT2D eigenvalue weighted by atomic mass is 19.4. The average Bonchev–Trinajstić information content (AvgIpc) is 3.12. The molecule has 13 heteroatoms. The molecule has 0 atom stereocenters. The third-order valence-electron chi connectivity index (χ3n) is 8.18. The molecule has 0 aliphatic heterocycles. The third kappa shape index (κ3) is 8.84. The van der Waals surface area contributed by atoms with Gasteiger partial charge in [0.25, 0.3) is 11.8 Å². The quantitative estimate of drug-likeness (QED) is 0.122. The van der Waals surface area contributed by atoms with Gasteiger partial charge in [0.1, 0.15) is 6.61 Å². The van der Waals surface area contributed by atoms with E-state index < -0.39 is 53.4 Å². The van der Waals surface area contributed by atoms with Crippen LogP contribution in [0.15, 0.2) is 97.1 Å². The smallest absolute Gasteiger partial charge is 0.416 e. The van der Waals surface area contributed by atoms with Crippen molar-refractivity contribution >= 4 is 35.3 Å². The number of amides is 4. The van der Waals surface area contributed by atoms with Gasteiger partial charge in [-0.3, -0.25) is 24.0 Å². The first-order chi connectivity index (χ1) is 24.7. The standard InChI is InChI=1S/C39H39F3N4O6/c1-5-43-36(50)38(37(51)44-6-2,27-12-8-7-9-13-27)24-52-33(47)23-25-16-21-32(31(22-25)35(49)46(3)4)45-34(48)30-15-11-10-14-29(30)26-17-19-28(20-18-26)39(40,41)42/h7-22H,5-6,23-24H2,1-4H3,(H,43,50)(H,44,51)(H,45,48). The zero-order chi connectivity index (χ0) is 38.1. The van der Waals surface area contributed by atoms with Crippen LogP contribution in [0, 0.1) is 0 Å². The minimum absolute atomic E-state index is 0.0546. The molecule has 0 saturated heterocycles. The fourth-order valence-corrected chi connectivity index (χ4v) is 5.52. The second kappa shape index (κ2) is 16.8. The number of likely N-dealkylation sites (N-methyl/N-ethyl adjacent to an activating group) is 2. The van der Waals surface area contributed by atoms with E-state index in [1.807, 2.05) is 0 Å². The number of nitrogens with zero attached hydrogens (tertiary/aromatic N) is 1. The number of alkyl halides is 3. The Morgan fingerprint density at radius 1 is 0.712 bits per heavy atom. The van der Waals surface area contributed by atoms with Crippen molar-refractivity contribution in [2.45, 2.75) is 31.9 Å². The molecular weight excluding hydrogens is 677 g/mol. The Morgan fingerprint density at radius 3 is 1.88 bits per heavy atom. The SMILES string of the molecule is CCNC(=O)C(COC(=O)Cc1ccc(NC(=O)c2ccccc2-c2ccc(C(F)(F)F)cc2)c(C(=O)N(C)C)c1)(C(=O)NCC)c1ccccc1. The van der Waals surface area contributed by atoms with Crippen LogP contribution in [-0.2, 0) is 37.1 Å². The van der Waals surface area contributed by atoms with E-state index in [2.05, 4.69) is 16.0 Å². The van der Waals surface area contributed by atoms with Crippen molar-refractivity contribution in [3.8, 4) is 11.1 Å². The Balaban J connectivity index is 1.60. The van der Waals surface area contributed by atoms with E-state index >= 15 is 0 Å². The Labute approximate surface area is 299 Å². The molecule has 0 saturated carbocycles. The summed E-state index contributed by atoms with van der Waals surface area (Å²) in [6.45, 7) is 3.27. The lowest BCUT2D eigenvalue weighted by atomic mass is 9.79. The number of halogens is 3. The minimum Gasteiger partial charge on any atom is -0.463 e. The highest BCUT2D eigenvalue weighted by Crippen LogP contribution is 2.33. The summed E-state index contributed by atoms with van der Waals surface area (Å²) in [4.78, 5) is 68.3. The van der Waals surface area contributed by atoms with Gasteiger partial charge >= 0.3 is 12.1 Å².